The van der Waals surface area contributed by atoms with Gasteiger partial charge in [0.15, 0.2) is 0 Å². The minimum atomic E-state index is -0.210. The van der Waals surface area contributed by atoms with Crippen LogP contribution in [-0.4, -0.2) is 31.2 Å². The van der Waals surface area contributed by atoms with Gasteiger partial charge >= 0.3 is 0 Å². The van der Waals surface area contributed by atoms with Crippen molar-refractivity contribution in [3.05, 3.63) is 59.8 Å². The number of hydrogen-bond donors (Lipinski definition) is 1. The molecule has 1 aliphatic rings. The van der Waals surface area contributed by atoms with Crippen LogP contribution < -0.4 is 10.1 Å². The van der Waals surface area contributed by atoms with Gasteiger partial charge in [0.2, 0.25) is 11.8 Å². The lowest BCUT2D eigenvalue weighted by molar-refractivity contribution is -0.123. The molecule has 3 rings (SSSR count). The van der Waals surface area contributed by atoms with E-state index in [0.717, 1.165) is 12.0 Å². The van der Waals surface area contributed by atoms with E-state index in [1.165, 1.54) is 5.56 Å². The van der Waals surface area contributed by atoms with Crippen molar-refractivity contribution in [1.29, 1.82) is 0 Å². The molecular formula is C20H24N2O3. The molecule has 1 saturated carbocycles. The summed E-state index contributed by atoms with van der Waals surface area (Å²) in [6, 6.07) is 13.7. The van der Waals surface area contributed by atoms with E-state index in [-0.39, 0.29) is 17.9 Å². The zero-order valence-electron chi connectivity index (χ0n) is 14.6. The van der Waals surface area contributed by atoms with Gasteiger partial charge in [-0.15, -0.1) is 0 Å². The Kier molecular flexibility index (Phi) is 5.66. The van der Waals surface area contributed by atoms with E-state index in [9.17, 15) is 4.79 Å². The van der Waals surface area contributed by atoms with Crippen molar-refractivity contribution in [1.82, 2.24) is 10.3 Å². The van der Waals surface area contributed by atoms with Gasteiger partial charge in [-0.3, -0.25) is 4.79 Å². The molecule has 0 spiro atoms. The first-order valence-electron chi connectivity index (χ1n) is 8.66. The number of hydrogen-bond acceptors (Lipinski definition) is 4. The molecule has 1 heterocycles. The van der Waals surface area contributed by atoms with Crippen molar-refractivity contribution in [2.24, 2.45) is 5.92 Å². The molecule has 132 valence electrons. The van der Waals surface area contributed by atoms with Gasteiger partial charge in [-0.1, -0.05) is 30.3 Å². The third kappa shape index (κ3) is 4.37. The highest BCUT2D eigenvalue weighted by molar-refractivity contribution is 5.83. The maximum atomic E-state index is 12.6. The summed E-state index contributed by atoms with van der Waals surface area (Å²) in [4.78, 5) is 16.9. The van der Waals surface area contributed by atoms with E-state index < -0.39 is 0 Å². The summed E-state index contributed by atoms with van der Waals surface area (Å²) in [6.45, 7) is 2.90. The van der Waals surface area contributed by atoms with E-state index in [4.69, 9.17) is 9.47 Å². The van der Waals surface area contributed by atoms with Crippen LogP contribution in [0.15, 0.2) is 48.7 Å². The van der Waals surface area contributed by atoms with Crippen LogP contribution in [0.5, 0.6) is 5.88 Å². The molecule has 5 heteroatoms. The average Bonchev–Trinajstić information content (AvgIpc) is 3.44. The van der Waals surface area contributed by atoms with E-state index in [0.29, 0.717) is 25.0 Å². The van der Waals surface area contributed by atoms with Crippen LogP contribution in [0.2, 0.25) is 0 Å². The molecule has 0 saturated heterocycles. The first kappa shape index (κ1) is 17.4. The minimum Gasteiger partial charge on any atom is -0.478 e. The summed E-state index contributed by atoms with van der Waals surface area (Å²) >= 11 is 0. The van der Waals surface area contributed by atoms with E-state index >= 15 is 0 Å². The molecule has 1 aliphatic carbocycles. The number of ether oxygens (including phenoxy) is 2. The molecule has 0 radical (unpaired) electrons. The Balaban J connectivity index is 1.63. The maximum absolute atomic E-state index is 12.6. The predicted octanol–water partition coefficient (Wildman–Crippen LogP) is 3.09. The molecule has 0 unspecified atom stereocenters. The second-order valence-electron chi connectivity index (χ2n) is 6.24. The number of carbonyl (C=O) groups is 1. The Bertz CT molecular complexity index is 688. The highest BCUT2D eigenvalue weighted by atomic mass is 16.5. The van der Waals surface area contributed by atoms with Gasteiger partial charge in [-0.05, 0) is 36.5 Å². The van der Waals surface area contributed by atoms with E-state index in [1.807, 2.05) is 37.3 Å². The first-order valence-corrected chi connectivity index (χ1v) is 8.66. The Hall–Kier alpha value is -2.40. The molecule has 1 aromatic carbocycles. The summed E-state index contributed by atoms with van der Waals surface area (Å²) in [5.74, 6) is 1.02. The number of nitrogens with zero attached hydrogens (tertiary/aromatic N) is 1. The fraction of sp³-hybridized carbons (Fsp3) is 0.400. The minimum absolute atomic E-state index is 0.0393. The van der Waals surface area contributed by atoms with Gasteiger partial charge in [0, 0.05) is 25.3 Å². The first-order chi connectivity index (χ1) is 12.2. The smallest absolute Gasteiger partial charge is 0.224 e. The van der Waals surface area contributed by atoms with Gasteiger partial charge in [0.25, 0.3) is 0 Å². The molecule has 0 bridgehead atoms. The Morgan fingerprint density at radius 1 is 1.28 bits per heavy atom. The number of carbonyl (C=O) groups excluding carboxylic acids is 1. The quantitative estimate of drug-likeness (QED) is 0.802. The number of benzene rings is 1. The monoisotopic (exact) mass is 340 g/mol. The molecule has 25 heavy (non-hydrogen) atoms. The highest BCUT2D eigenvalue weighted by Gasteiger charge is 2.44. The van der Waals surface area contributed by atoms with E-state index in [2.05, 4.69) is 22.4 Å². The van der Waals surface area contributed by atoms with Crippen LogP contribution in [0.1, 0.15) is 36.4 Å². The molecule has 0 aliphatic heterocycles. The summed E-state index contributed by atoms with van der Waals surface area (Å²) < 4.78 is 10.6. The number of nitrogens with one attached hydrogen (secondary N) is 1. The number of aromatic nitrogens is 1. The van der Waals surface area contributed by atoms with Gasteiger partial charge in [-0.2, -0.15) is 0 Å². The number of rotatable bonds is 8. The van der Waals surface area contributed by atoms with Gasteiger partial charge in [0.05, 0.1) is 19.3 Å². The summed E-state index contributed by atoms with van der Waals surface area (Å²) in [7, 11) is 1.63. The van der Waals surface area contributed by atoms with Crippen molar-refractivity contribution < 1.29 is 14.3 Å². The van der Waals surface area contributed by atoms with Crippen molar-refractivity contribution in [2.75, 3.05) is 20.3 Å². The molecule has 1 aromatic heterocycles. The Morgan fingerprint density at radius 2 is 2.08 bits per heavy atom. The summed E-state index contributed by atoms with van der Waals surface area (Å²) in [5, 5.41) is 3.10. The van der Waals surface area contributed by atoms with Crippen LogP contribution in [0.4, 0.5) is 0 Å². The molecule has 1 amide bonds. The maximum Gasteiger partial charge on any atom is 0.224 e. The fourth-order valence-corrected chi connectivity index (χ4v) is 3.05. The summed E-state index contributed by atoms with van der Waals surface area (Å²) in [6.07, 6.45) is 2.63. The number of pyridine rings is 1. The third-order valence-electron chi connectivity index (χ3n) is 4.46. The lowest BCUT2D eigenvalue weighted by Gasteiger charge is -2.18. The molecule has 5 nitrogen and oxygen atoms in total. The number of amides is 1. The summed E-state index contributed by atoms with van der Waals surface area (Å²) in [5.41, 5.74) is 2.14. The zero-order valence-corrected chi connectivity index (χ0v) is 14.6. The lowest BCUT2D eigenvalue weighted by atomic mass is 10.1. The third-order valence-corrected chi connectivity index (χ3v) is 4.46. The van der Waals surface area contributed by atoms with Crippen LogP contribution in [0, 0.1) is 5.92 Å². The fourth-order valence-electron chi connectivity index (χ4n) is 3.05. The second-order valence-corrected chi connectivity index (χ2v) is 6.24. The average molecular weight is 340 g/mol. The van der Waals surface area contributed by atoms with Crippen molar-refractivity contribution >= 4 is 5.91 Å². The van der Waals surface area contributed by atoms with Crippen molar-refractivity contribution in [3.63, 3.8) is 0 Å². The second kappa shape index (κ2) is 8.12. The van der Waals surface area contributed by atoms with Gasteiger partial charge in [-0.25, -0.2) is 4.98 Å². The Morgan fingerprint density at radius 3 is 2.72 bits per heavy atom. The highest BCUT2D eigenvalue weighted by Crippen LogP contribution is 2.47. The standard InChI is InChI=1S/C20H24N2O3/c1-3-25-19-10-9-15(12-21-19)18(13-24-2)22-20(23)17-11-16(17)14-7-5-4-6-8-14/h4-10,12,16-18H,3,11,13H2,1-2H3,(H,22,23)/t16-,17+,18+/m1/s1. The normalized spacial score (nSPS) is 19.9. The Labute approximate surface area is 148 Å². The molecule has 3 atom stereocenters. The number of methoxy groups -OCH3 is 1. The van der Waals surface area contributed by atoms with E-state index in [1.54, 1.807) is 13.3 Å². The predicted molar refractivity (Wildman–Crippen MR) is 95.5 cm³/mol. The molecular weight excluding hydrogens is 316 g/mol. The van der Waals surface area contributed by atoms with Crippen molar-refractivity contribution in [3.8, 4) is 5.88 Å². The van der Waals surface area contributed by atoms with Gasteiger partial charge in [0.1, 0.15) is 0 Å². The van der Waals surface area contributed by atoms with Crippen LogP contribution in [-0.2, 0) is 9.53 Å². The lowest BCUT2D eigenvalue weighted by Crippen LogP contribution is -2.32. The van der Waals surface area contributed by atoms with Crippen LogP contribution in [0.3, 0.4) is 0 Å². The topological polar surface area (TPSA) is 60.5 Å². The zero-order chi connectivity index (χ0) is 17.6. The molecule has 2 aromatic rings. The van der Waals surface area contributed by atoms with Crippen molar-refractivity contribution in [2.45, 2.75) is 25.3 Å². The van der Waals surface area contributed by atoms with Crippen LogP contribution in [0.25, 0.3) is 0 Å². The van der Waals surface area contributed by atoms with Gasteiger partial charge < -0.3 is 14.8 Å². The largest absolute Gasteiger partial charge is 0.478 e. The van der Waals surface area contributed by atoms with Crippen LogP contribution >= 0.6 is 0 Å². The molecule has 1 fully saturated rings. The SMILES string of the molecule is CCOc1ccc([C@H](COC)NC(=O)[C@H]2C[C@@H]2c2ccccc2)cn1. The molecule has 1 N–H and O–H groups in total.